The van der Waals surface area contributed by atoms with Crippen molar-refractivity contribution in [1.29, 1.82) is 0 Å². The number of aliphatic hydroxyl groups excluding tert-OH is 1. The number of aliphatic hydroxyl groups is 1. The fraction of sp³-hybridized carbons (Fsp3) is 0.562. The first-order valence-electron chi connectivity index (χ1n) is 7.38. The normalized spacial score (nSPS) is 51.3. The van der Waals surface area contributed by atoms with Crippen molar-refractivity contribution in [1.82, 2.24) is 0 Å². The zero-order chi connectivity index (χ0) is 13.6. The molecule has 1 N–H and O–H groups in total. The third-order valence-electron chi connectivity index (χ3n) is 6.01. The van der Waals surface area contributed by atoms with E-state index in [1.807, 2.05) is 42.2 Å². The number of carbonyl (C=O) groups is 1. The summed E-state index contributed by atoms with van der Waals surface area (Å²) < 4.78 is 6.22. The van der Waals surface area contributed by atoms with Gasteiger partial charge in [0.25, 0.3) is 0 Å². The number of nitrogens with zero attached hydrogens (tertiary/aromatic N) is 1. The highest BCUT2D eigenvalue weighted by molar-refractivity contribution is 6.00. The van der Waals surface area contributed by atoms with E-state index in [2.05, 4.69) is 0 Å². The van der Waals surface area contributed by atoms with E-state index < -0.39 is 11.8 Å². The Morgan fingerprint density at radius 1 is 1.30 bits per heavy atom. The summed E-state index contributed by atoms with van der Waals surface area (Å²) >= 11 is 0. The fourth-order valence-corrected chi connectivity index (χ4v) is 5.44. The number of anilines is 1. The molecule has 4 nitrogen and oxygen atoms in total. The molecule has 1 aromatic rings. The van der Waals surface area contributed by atoms with Gasteiger partial charge in [-0.3, -0.25) is 9.69 Å². The van der Waals surface area contributed by atoms with Crippen LogP contribution in [0.2, 0.25) is 0 Å². The molecule has 0 aromatic heterocycles. The van der Waals surface area contributed by atoms with Crippen molar-refractivity contribution in [3.8, 4) is 0 Å². The van der Waals surface area contributed by atoms with Crippen molar-refractivity contribution in [2.75, 3.05) is 4.90 Å². The smallest absolute Gasteiger partial charge is 0.233 e. The summed E-state index contributed by atoms with van der Waals surface area (Å²) in [7, 11) is 0. The highest BCUT2D eigenvalue weighted by Gasteiger charge is 2.77. The molecule has 4 fully saturated rings. The molecule has 20 heavy (non-hydrogen) atoms. The van der Waals surface area contributed by atoms with Crippen LogP contribution >= 0.6 is 0 Å². The molecule has 2 bridgehead atoms. The first kappa shape index (κ1) is 11.3. The molecule has 7 atom stereocenters. The Morgan fingerprint density at radius 3 is 2.80 bits per heavy atom. The number of amides is 1. The lowest BCUT2D eigenvalue weighted by molar-refractivity contribution is -0.131. The second kappa shape index (κ2) is 3.26. The maximum absolute atomic E-state index is 12.9. The van der Waals surface area contributed by atoms with Crippen molar-refractivity contribution in [2.24, 2.45) is 23.7 Å². The molecule has 1 aromatic carbocycles. The Hall–Kier alpha value is -1.39. The van der Waals surface area contributed by atoms with E-state index >= 15 is 0 Å². The third kappa shape index (κ3) is 1.00. The Morgan fingerprint density at radius 2 is 2.05 bits per heavy atom. The molecule has 4 heteroatoms. The minimum Gasteiger partial charge on any atom is -0.390 e. The predicted molar refractivity (Wildman–Crippen MR) is 71.8 cm³/mol. The number of hydrogen-bond acceptors (Lipinski definition) is 3. The lowest BCUT2D eigenvalue weighted by Gasteiger charge is -2.36. The summed E-state index contributed by atoms with van der Waals surface area (Å²) in [5.74, 6) is 0.765. The first-order valence-corrected chi connectivity index (χ1v) is 7.38. The van der Waals surface area contributed by atoms with Gasteiger partial charge in [-0.05, 0) is 37.3 Å². The molecule has 2 aliphatic carbocycles. The largest absolute Gasteiger partial charge is 0.390 e. The number of rotatable bonds is 1. The Bertz CT molecular complexity index is 603. The molecule has 2 saturated carbocycles. The number of carbonyl (C=O) groups excluding carboxylic acids is 1. The molecule has 104 valence electrons. The third-order valence-corrected chi connectivity index (χ3v) is 6.01. The van der Waals surface area contributed by atoms with Crippen LogP contribution < -0.4 is 4.90 Å². The van der Waals surface area contributed by atoms with Crippen LogP contribution in [0.3, 0.4) is 0 Å². The number of hydrogen-bond donors (Lipinski definition) is 1. The highest BCUT2D eigenvalue weighted by atomic mass is 16.6. The van der Waals surface area contributed by atoms with Crippen LogP contribution in [0.4, 0.5) is 5.69 Å². The van der Waals surface area contributed by atoms with Gasteiger partial charge in [0.2, 0.25) is 5.91 Å². The van der Waals surface area contributed by atoms with Crippen molar-refractivity contribution in [3.63, 3.8) is 0 Å². The van der Waals surface area contributed by atoms with E-state index in [9.17, 15) is 9.90 Å². The summed E-state index contributed by atoms with van der Waals surface area (Å²) in [5.41, 5.74) is 0.328. The Labute approximate surface area is 117 Å². The zero-order valence-corrected chi connectivity index (χ0v) is 11.3. The number of ether oxygens (including phenoxy) is 1. The molecule has 2 saturated heterocycles. The number of fused-ring (bicyclic) bond motifs is 2. The van der Waals surface area contributed by atoms with Crippen LogP contribution in [0.5, 0.6) is 0 Å². The Kier molecular flexibility index (Phi) is 1.84. The van der Waals surface area contributed by atoms with Gasteiger partial charge in [-0.2, -0.15) is 0 Å². The van der Waals surface area contributed by atoms with Gasteiger partial charge in [-0.25, -0.2) is 0 Å². The van der Waals surface area contributed by atoms with E-state index in [4.69, 9.17) is 4.74 Å². The monoisotopic (exact) mass is 271 g/mol. The Balaban J connectivity index is 1.67. The van der Waals surface area contributed by atoms with Gasteiger partial charge in [0.05, 0.1) is 18.1 Å². The molecule has 2 heterocycles. The second-order valence-electron chi connectivity index (χ2n) is 6.75. The van der Waals surface area contributed by atoms with Crippen LogP contribution in [-0.4, -0.2) is 28.9 Å². The maximum atomic E-state index is 12.9. The standard InChI is InChI=1S/C16H17NO3/c1-16-12-10-7-9(13(18)14(10)20-16)11(12)15(19)17(16)8-5-3-2-4-6-8/h2-6,9-14,18H,7H2,1H3/t9-,10-,11-,12+,13+,14-,16-/m0/s1. The predicted octanol–water partition coefficient (Wildman–Crippen LogP) is 1.39. The SMILES string of the molecule is C[C@]12O[C@@H]3[C@H](O)[C@H]4C[C@H]3[C@@H]1[C@H]4C(=O)N2c1ccccc1. The summed E-state index contributed by atoms with van der Waals surface area (Å²) in [6, 6.07) is 9.77. The summed E-state index contributed by atoms with van der Waals surface area (Å²) in [4.78, 5) is 14.7. The summed E-state index contributed by atoms with van der Waals surface area (Å²) in [6.07, 6.45) is 0.418. The number of para-hydroxylation sites is 1. The van der Waals surface area contributed by atoms with Crippen LogP contribution in [0.15, 0.2) is 30.3 Å². The average molecular weight is 271 g/mol. The first-order chi connectivity index (χ1) is 9.63. The van der Waals surface area contributed by atoms with Gasteiger partial charge in [0.1, 0.15) is 5.72 Å². The topological polar surface area (TPSA) is 49.8 Å². The van der Waals surface area contributed by atoms with Crippen LogP contribution in [0, 0.1) is 23.7 Å². The van der Waals surface area contributed by atoms with Crippen molar-refractivity contribution >= 4 is 11.6 Å². The van der Waals surface area contributed by atoms with E-state index in [-0.39, 0.29) is 29.8 Å². The molecule has 2 aliphatic heterocycles. The van der Waals surface area contributed by atoms with E-state index in [0.29, 0.717) is 5.92 Å². The van der Waals surface area contributed by atoms with Gasteiger partial charge >= 0.3 is 0 Å². The van der Waals surface area contributed by atoms with Crippen LogP contribution in [0.25, 0.3) is 0 Å². The van der Waals surface area contributed by atoms with Crippen molar-refractivity contribution < 1.29 is 14.6 Å². The lowest BCUT2D eigenvalue weighted by atomic mass is 9.77. The van der Waals surface area contributed by atoms with Gasteiger partial charge in [0, 0.05) is 11.6 Å². The van der Waals surface area contributed by atoms with Crippen LogP contribution in [-0.2, 0) is 9.53 Å². The molecule has 0 spiro atoms. The van der Waals surface area contributed by atoms with E-state index in [1.165, 1.54) is 0 Å². The fourth-order valence-electron chi connectivity index (χ4n) is 5.44. The van der Waals surface area contributed by atoms with E-state index in [0.717, 1.165) is 12.1 Å². The van der Waals surface area contributed by atoms with Gasteiger partial charge in [-0.1, -0.05) is 18.2 Å². The molecular formula is C16H17NO3. The second-order valence-corrected chi connectivity index (χ2v) is 6.75. The molecular weight excluding hydrogens is 254 g/mol. The molecule has 0 radical (unpaired) electrons. The van der Waals surface area contributed by atoms with E-state index in [1.54, 1.807) is 0 Å². The van der Waals surface area contributed by atoms with Crippen LogP contribution in [0.1, 0.15) is 13.3 Å². The summed E-state index contributed by atoms with van der Waals surface area (Å²) in [6.45, 7) is 2.02. The van der Waals surface area contributed by atoms with Gasteiger partial charge in [-0.15, -0.1) is 0 Å². The van der Waals surface area contributed by atoms with Gasteiger partial charge < -0.3 is 9.84 Å². The minimum absolute atomic E-state index is 0.0565. The maximum Gasteiger partial charge on any atom is 0.233 e. The van der Waals surface area contributed by atoms with Crippen molar-refractivity contribution in [2.45, 2.75) is 31.3 Å². The summed E-state index contributed by atoms with van der Waals surface area (Å²) in [5, 5.41) is 10.3. The average Bonchev–Trinajstić information content (AvgIpc) is 3.08. The highest BCUT2D eigenvalue weighted by Crippen LogP contribution is 2.67. The minimum atomic E-state index is -0.579. The van der Waals surface area contributed by atoms with Gasteiger partial charge in [0.15, 0.2) is 0 Å². The quantitative estimate of drug-likeness (QED) is 0.839. The lowest BCUT2D eigenvalue weighted by Crippen LogP contribution is -2.49. The molecule has 4 aliphatic rings. The number of benzene rings is 1. The molecule has 0 unspecified atom stereocenters. The van der Waals surface area contributed by atoms with Crippen molar-refractivity contribution in [3.05, 3.63) is 30.3 Å². The molecule has 1 amide bonds. The zero-order valence-electron chi connectivity index (χ0n) is 11.3. The molecule has 5 rings (SSSR count).